The molecule has 0 aromatic heterocycles. The number of carbonyl (C=O) groups excluding carboxylic acids is 1. The van der Waals surface area contributed by atoms with Gasteiger partial charge in [-0.3, -0.25) is 4.79 Å². The van der Waals surface area contributed by atoms with E-state index in [1.54, 1.807) is 42.5 Å². The molecule has 0 spiro atoms. The molecule has 1 fully saturated rings. The smallest absolute Gasteiger partial charge is 0.264 e. The van der Waals surface area contributed by atoms with E-state index in [0.29, 0.717) is 15.8 Å². The number of nitrogens with zero attached hydrogens (tertiary/aromatic N) is 1. The Kier molecular flexibility index (Phi) is 4.08. The van der Waals surface area contributed by atoms with Crippen molar-refractivity contribution in [2.75, 3.05) is 0 Å². The van der Waals surface area contributed by atoms with E-state index < -0.39 is 0 Å². The molecule has 1 amide bonds. The lowest BCUT2D eigenvalue weighted by Crippen LogP contribution is -2.19. The van der Waals surface area contributed by atoms with Crippen LogP contribution < -0.4 is 5.32 Å². The maximum absolute atomic E-state index is 12.0. The highest BCUT2D eigenvalue weighted by Crippen LogP contribution is 2.33. The third-order valence-electron chi connectivity index (χ3n) is 3.25. The number of phenolic OH excluding ortho intramolecular Hbond substituents is 2. The molecule has 0 aliphatic carbocycles. The zero-order chi connectivity index (χ0) is 16.4. The number of thioether (sulfide) groups is 1. The first-order valence-electron chi connectivity index (χ1n) is 6.90. The summed E-state index contributed by atoms with van der Waals surface area (Å²) in [6, 6.07) is 11.8. The lowest BCUT2D eigenvalue weighted by atomic mass is 10.2. The van der Waals surface area contributed by atoms with E-state index in [0.717, 1.165) is 11.1 Å². The number of phenols is 2. The van der Waals surface area contributed by atoms with Crippen molar-refractivity contribution < 1.29 is 15.0 Å². The van der Waals surface area contributed by atoms with E-state index in [2.05, 4.69) is 10.3 Å². The zero-order valence-corrected chi connectivity index (χ0v) is 13.1. The molecule has 0 atom stereocenters. The van der Waals surface area contributed by atoms with Crippen LogP contribution in [0, 0.1) is 6.92 Å². The number of rotatable bonds is 2. The minimum Gasteiger partial charge on any atom is -0.508 e. The Balaban J connectivity index is 1.89. The molecule has 0 bridgehead atoms. The Labute approximate surface area is 137 Å². The molecule has 1 heterocycles. The van der Waals surface area contributed by atoms with Crippen molar-refractivity contribution in [1.82, 2.24) is 5.32 Å². The van der Waals surface area contributed by atoms with Crippen LogP contribution in [0.25, 0.3) is 6.08 Å². The third-order valence-corrected chi connectivity index (χ3v) is 4.16. The van der Waals surface area contributed by atoms with E-state index in [1.165, 1.54) is 11.8 Å². The predicted octanol–water partition coefficient (Wildman–Crippen LogP) is 3.30. The van der Waals surface area contributed by atoms with Crippen LogP contribution in [-0.2, 0) is 4.79 Å². The first-order valence-corrected chi connectivity index (χ1v) is 7.72. The van der Waals surface area contributed by atoms with Gasteiger partial charge in [0.25, 0.3) is 5.91 Å². The zero-order valence-electron chi connectivity index (χ0n) is 12.3. The van der Waals surface area contributed by atoms with Crippen LogP contribution in [0.2, 0.25) is 0 Å². The molecule has 2 aromatic rings. The molecule has 3 rings (SSSR count). The van der Waals surface area contributed by atoms with E-state index in [1.807, 2.05) is 13.0 Å². The monoisotopic (exact) mass is 326 g/mol. The van der Waals surface area contributed by atoms with Gasteiger partial charge in [-0.2, -0.15) is 0 Å². The number of aryl methyl sites for hydroxylation is 1. The number of hydrogen-bond acceptors (Lipinski definition) is 5. The predicted molar refractivity (Wildman–Crippen MR) is 91.8 cm³/mol. The number of nitrogens with one attached hydrogen (secondary N) is 1. The van der Waals surface area contributed by atoms with Crippen LogP contribution in [-0.4, -0.2) is 21.3 Å². The molecule has 1 aliphatic rings. The minimum absolute atomic E-state index is 0.0674. The van der Waals surface area contributed by atoms with Crippen molar-refractivity contribution >= 4 is 34.6 Å². The van der Waals surface area contributed by atoms with Gasteiger partial charge in [0.05, 0.1) is 4.91 Å². The van der Waals surface area contributed by atoms with E-state index >= 15 is 0 Å². The van der Waals surface area contributed by atoms with Crippen LogP contribution in [0.4, 0.5) is 5.69 Å². The Morgan fingerprint density at radius 2 is 1.96 bits per heavy atom. The Hall–Kier alpha value is -2.73. The number of benzene rings is 2. The van der Waals surface area contributed by atoms with Crippen LogP contribution in [0.5, 0.6) is 11.5 Å². The van der Waals surface area contributed by atoms with Gasteiger partial charge in [-0.1, -0.05) is 24.3 Å². The quantitative estimate of drug-likeness (QED) is 0.740. The minimum atomic E-state index is -0.259. The number of amides is 1. The summed E-state index contributed by atoms with van der Waals surface area (Å²) in [7, 11) is 0. The lowest BCUT2D eigenvalue weighted by molar-refractivity contribution is -0.115. The number of aromatic hydroxyl groups is 2. The molecule has 3 N–H and O–H groups in total. The van der Waals surface area contributed by atoms with E-state index in [4.69, 9.17) is 0 Å². The average Bonchev–Trinajstić information content (AvgIpc) is 2.83. The molecule has 116 valence electrons. The van der Waals surface area contributed by atoms with Crippen molar-refractivity contribution in [3.63, 3.8) is 0 Å². The fourth-order valence-corrected chi connectivity index (χ4v) is 2.96. The van der Waals surface area contributed by atoms with Gasteiger partial charge in [-0.15, -0.1) is 0 Å². The molecule has 0 radical (unpaired) electrons. The van der Waals surface area contributed by atoms with Gasteiger partial charge in [-0.05, 0) is 54.1 Å². The van der Waals surface area contributed by atoms with Gasteiger partial charge in [-0.25, -0.2) is 4.99 Å². The van der Waals surface area contributed by atoms with Crippen molar-refractivity contribution in [2.45, 2.75) is 6.92 Å². The van der Waals surface area contributed by atoms with Crippen molar-refractivity contribution in [3.05, 3.63) is 58.5 Å². The summed E-state index contributed by atoms with van der Waals surface area (Å²) in [5, 5.41) is 22.4. The van der Waals surface area contributed by atoms with Gasteiger partial charge < -0.3 is 15.5 Å². The topological polar surface area (TPSA) is 81.9 Å². The summed E-state index contributed by atoms with van der Waals surface area (Å²) in [6.07, 6.45) is 1.68. The summed E-state index contributed by atoms with van der Waals surface area (Å²) in [4.78, 5) is 16.8. The average molecular weight is 326 g/mol. The first kappa shape index (κ1) is 15.2. The molecular formula is C17H14N2O3S. The maximum Gasteiger partial charge on any atom is 0.264 e. The molecule has 5 nitrogen and oxygen atoms in total. The van der Waals surface area contributed by atoms with Crippen LogP contribution >= 0.6 is 11.8 Å². The van der Waals surface area contributed by atoms with Gasteiger partial charge in [0.15, 0.2) is 5.17 Å². The Morgan fingerprint density at radius 3 is 2.70 bits per heavy atom. The second kappa shape index (κ2) is 6.18. The highest BCUT2D eigenvalue weighted by atomic mass is 32.2. The number of aliphatic imine (C=N–C) groups is 1. The molecule has 1 saturated heterocycles. The molecule has 1 aliphatic heterocycles. The largest absolute Gasteiger partial charge is 0.508 e. The third kappa shape index (κ3) is 3.37. The maximum atomic E-state index is 12.0. The highest BCUT2D eigenvalue weighted by Gasteiger charge is 2.24. The van der Waals surface area contributed by atoms with Gasteiger partial charge in [0.1, 0.15) is 17.2 Å². The second-order valence-electron chi connectivity index (χ2n) is 5.02. The fourth-order valence-electron chi connectivity index (χ4n) is 2.14. The standard InChI is InChI=1S/C17H14N2O3S/c1-10-4-2-7-13(21)15(10)18-17-19-16(22)14(23-17)9-11-5-3-6-12(20)8-11/h2-9,20-21H,1H3,(H,18,19,22)/b14-9-. The van der Waals surface area contributed by atoms with Gasteiger partial charge in [0.2, 0.25) is 0 Å². The van der Waals surface area contributed by atoms with Crippen LogP contribution in [0.15, 0.2) is 52.4 Å². The normalized spacial score (nSPS) is 17.7. The number of amidine groups is 1. The lowest BCUT2D eigenvalue weighted by Gasteiger charge is -2.03. The number of carbonyl (C=O) groups is 1. The van der Waals surface area contributed by atoms with Crippen molar-refractivity contribution in [3.8, 4) is 11.5 Å². The molecule has 6 heteroatoms. The summed E-state index contributed by atoms with van der Waals surface area (Å²) >= 11 is 1.19. The van der Waals surface area contributed by atoms with Crippen molar-refractivity contribution in [2.24, 2.45) is 4.99 Å². The van der Waals surface area contributed by atoms with Crippen LogP contribution in [0.3, 0.4) is 0 Å². The highest BCUT2D eigenvalue weighted by molar-refractivity contribution is 8.18. The Bertz CT molecular complexity index is 823. The first-order chi connectivity index (χ1) is 11.0. The second-order valence-corrected chi connectivity index (χ2v) is 6.05. The van der Waals surface area contributed by atoms with Gasteiger partial charge >= 0.3 is 0 Å². The molecular weight excluding hydrogens is 312 g/mol. The van der Waals surface area contributed by atoms with Crippen LogP contribution in [0.1, 0.15) is 11.1 Å². The number of para-hydroxylation sites is 1. The van der Waals surface area contributed by atoms with Gasteiger partial charge in [0, 0.05) is 0 Å². The Morgan fingerprint density at radius 1 is 1.17 bits per heavy atom. The summed E-state index contributed by atoms with van der Waals surface area (Å²) in [5.41, 5.74) is 1.98. The summed E-state index contributed by atoms with van der Waals surface area (Å²) < 4.78 is 0. The van der Waals surface area contributed by atoms with Crippen molar-refractivity contribution in [1.29, 1.82) is 0 Å². The number of hydrogen-bond donors (Lipinski definition) is 3. The molecule has 0 saturated carbocycles. The van der Waals surface area contributed by atoms with E-state index in [-0.39, 0.29) is 17.4 Å². The molecule has 2 aromatic carbocycles. The summed E-state index contributed by atoms with van der Waals surface area (Å²) in [6.45, 7) is 1.84. The SMILES string of the molecule is Cc1cccc(O)c1N=C1NC(=O)/C(=C/c2cccc(O)c2)S1. The fraction of sp³-hybridized carbons (Fsp3) is 0.0588. The summed E-state index contributed by atoms with van der Waals surface area (Å²) in [5.74, 6) is -0.0515. The molecule has 23 heavy (non-hydrogen) atoms. The van der Waals surface area contributed by atoms with E-state index in [9.17, 15) is 15.0 Å². The molecule has 0 unspecified atom stereocenters.